The average Bonchev–Trinajstić information content (AvgIpc) is 3.19. The maximum absolute atomic E-state index is 12.8. The van der Waals surface area contributed by atoms with Crippen LogP contribution in [0.4, 0.5) is 5.69 Å². The van der Waals surface area contributed by atoms with E-state index >= 15 is 0 Å². The van der Waals surface area contributed by atoms with Crippen LogP contribution in [0.2, 0.25) is 0 Å². The van der Waals surface area contributed by atoms with Crippen LogP contribution < -0.4 is 9.46 Å². The molecule has 0 bridgehead atoms. The van der Waals surface area contributed by atoms with Gasteiger partial charge in [-0.05, 0) is 30.3 Å². The monoisotopic (exact) mass is 482 g/mol. The van der Waals surface area contributed by atoms with Crippen LogP contribution >= 0.6 is 27.3 Å². The summed E-state index contributed by atoms with van der Waals surface area (Å²) in [5, 5.41) is 1.87. The van der Waals surface area contributed by atoms with Gasteiger partial charge in [0.1, 0.15) is 17.3 Å². The van der Waals surface area contributed by atoms with Crippen molar-refractivity contribution in [2.45, 2.75) is 11.5 Å². The highest BCUT2D eigenvalue weighted by Crippen LogP contribution is 2.26. The Morgan fingerprint density at radius 3 is 2.79 bits per heavy atom. The third kappa shape index (κ3) is 4.89. The maximum Gasteiger partial charge on any atom is 0.339 e. The summed E-state index contributed by atoms with van der Waals surface area (Å²) in [5.41, 5.74) is 2.73. The van der Waals surface area contributed by atoms with Crippen molar-refractivity contribution in [3.05, 3.63) is 69.1 Å². The van der Waals surface area contributed by atoms with Gasteiger partial charge in [-0.2, -0.15) is 0 Å². The van der Waals surface area contributed by atoms with Crippen LogP contribution in [0.15, 0.2) is 62.7 Å². The van der Waals surface area contributed by atoms with Crippen LogP contribution in [0.1, 0.15) is 16.1 Å². The first-order valence-electron chi connectivity index (χ1n) is 7.89. The largest absolute Gasteiger partial charge is 0.487 e. The van der Waals surface area contributed by atoms with Crippen molar-refractivity contribution in [1.82, 2.24) is 4.98 Å². The van der Waals surface area contributed by atoms with E-state index in [4.69, 9.17) is 4.74 Å². The lowest BCUT2D eigenvalue weighted by Gasteiger charge is -2.13. The summed E-state index contributed by atoms with van der Waals surface area (Å²) < 4.78 is 39.0. The number of aromatic nitrogens is 1. The summed E-state index contributed by atoms with van der Waals surface area (Å²) in [6.45, 7) is 0.277. The first-order chi connectivity index (χ1) is 13.4. The van der Waals surface area contributed by atoms with Gasteiger partial charge in [0.15, 0.2) is 0 Å². The van der Waals surface area contributed by atoms with Crippen molar-refractivity contribution < 1.29 is 22.7 Å². The quantitative estimate of drug-likeness (QED) is 0.510. The van der Waals surface area contributed by atoms with Gasteiger partial charge in [-0.3, -0.25) is 4.72 Å². The van der Waals surface area contributed by atoms with Gasteiger partial charge in [0.2, 0.25) is 0 Å². The molecule has 1 aromatic heterocycles. The third-order valence-electron chi connectivity index (χ3n) is 3.59. The number of rotatable bonds is 7. The van der Waals surface area contributed by atoms with E-state index in [0.717, 1.165) is 5.69 Å². The molecule has 0 aliphatic carbocycles. The van der Waals surface area contributed by atoms with E-state index in [1.807, 2.05) is 5.38 Å². The zero-order chi connectivity index (χ0) is 20.1. The lowest BCUT2D eigenvalue weighted by Crippen LogP contribution is -2.17. The highest BCUT2D eigenvalue weighted by Gasteiger charge is 2.23. The number of carbonyl (C=O) groups excluding carboxylic acids is 1. The van der Waals surface area contributed by atoms with Crippen molar-refractivity contribution >= 4 is 48.9 Å². The second-order valence-corrected chi connectivity index (χ2v) is 8.82. The number of sulfonamides is 1. The summed E-state index contributed by atoms with van der Waals surface area (Å²) in [7, 11) is -2.84. The van der Waals surface area contributed by atoms with Gasteiger partial charge in [-0.25, -0.2) is 18.2 Å². The lowest BCUT2D eigenvalue weighted by atomic mass is 10.2. The minimum absolute atomic E-state index is 0.0692. The number of nitrogens with one attached hydrogen (secondary N) is 1. The van der Waals surface area contributed by atoms with Crippen molar-refractivity contribution in [3.63, 3.8) is 0 Å². The Morgan fingerprint density at radius 1 is 1.25 bits per heavy atom. The zero-order valence-electron chi connectivity index (χ0n) is 14.6. The van der Waals surface area contributed by atoms with Crippen LogP contribution in [0.25, 0.3) is 0 Å². The standard InChI is InChI=1S/C18H15BrN2O5S2/c1-25-18(22)16-7-12(19)5-6-17(16)28(23,24)21-13-3-2-4-15(8-13)26-9-14-10-27-11-20-14/h2-8,10-11,21H,9H2,1H3. The normalized spacial score (nSPS) is 11.1. The number of carbonyl (C=O) groups is 1. The minimum Gasteiger partial charge on any atom is -0.487 e. The number of thiazole rings is 1. The van der Waals surface area contributed by atoms with E-state index < -0.39 is 16.0 Å². The SMILES string of the molecule is COC(=O)c1cc(Br)ccc1S(=O)(=O)Nc1cccc(OCc2cscn2)c1. The molecule has 1 N–H and O–H groups in total. The molecule has 0 unspecified atom stereocenters. The number of nitrogens with zero attached hydrogens (tertiary/aromatic N) is 1. The molecule has 0 saturated heterocycles. The summed E-state index contributed by atoms with van der Waals surface area (Å²) in [6, 6.07) is 10.8. The molecule has 10 heteroatoms. The molecule has 2 aromatic carbocycles. The second kappa shape index (κ2) is 8.72. The number of anilines is 1. The number of ether oxygens (including phenoxy) is 2. The predicted octanol–water partition coefficient (Wildman–Crippen LogP) is 4.07. The first-order valence-corrected chi connectivity index (χ1v) is 11.1. The van der Waals surface area contributed by atoms with Gasteiger partial charge in [0.25, 0.3) is 10.0 Å². The second-order valence-electron chi connectivity index (χ2n) is 5.53. The fourth-order valence-electron chi connectivity index (χ4n) is 2.33. The van der Waals surface area contributed by atoms with Crippen molar-refractivity contribution in [2.75, 3.05) is 11.8 Å². The molecule has 0 atom stereocenters. The molecule has 1 heterocycles. The molecule has 0 radical (unpaired) electrons. The molecular formula is C18H15BrN2O5S2. The molecule has 7 nitrogen and oxygen atoms in total. The zero-order valence-corrected chi connectivity index (χ0v) is 17.8. The fraction of sp³-hybridized carbons (Fsp3) is 0.111. The Labute approximate surface area is 174 Å². The number of benzene rings is 2. The topological polar surface area (TPSA) is 94.6 Å². The maximum atomic E-state index is 12.8. The van der Waals surface area contributed by atoms with Gasteiger partial charge < -0.3 is 9.47 Å². The molecule has 0 aliphatic heterocycles. The summed E-state index contributed by atoms with van der Waals surface area (Å²) in [4.78, 5) is 15.9. The molecule has 0 aliphatic rings. The number of esters is 1. The molecule has 28 heavy (non-hydrogen) atoms. The van der Waals surface area contributed by atoms with E-state index in [2.05, 4.69) is 30.4 Å². The Morgan fingerprint density at radius 2 is 2.07 bits per heavy atom. The van der Waals surface area contributed by atoms with E-state index in [1.165, 1.54) is 36.6 Å². The summed E-state index contributed by atoms with van der Waals surface area (Å²) in [6.07, 6.45) is 0. The molecule has 0 amide bonds. The Balaban J connectivity index is 1.83. The lowest BCUT2D eigenvalue weighted by molar-refractivity contribution is 0.0596. The van der Waals surface area contributed by atoms with E-state index in [9.17, 15) is 13.2 Å². The van der Waals surface area contributed by atoms with Crippen LogP contribution in [0.3, 0.4) is 0 Å². The van der Waals surface area contributed by atoms with Crippen LogP contribution in [0.5, 0.6) is 5.75 Å². The molecule has 0 saturated carbocycles. The Bertz CT molecular complexity index is 1090. The molecule has 0 spiro atoms. The van der Waals surface area contributed by atoms with E-state index in [-0.39, 0.29) is 17.1 Å². The average molecular weight is 483 g/mol. The van der Waals surface area contributed by atoms with Gasteiger partial charge in [0, 0.05) is 15.9 Å². The number of hydrogen-bond acceptors (Lipinski definition) is 7. The fourth-order valence-corrected chi connectivity index (χ4v) is 4.46. The van der Waals surface area contributed by atoms with Crippen molar-refractivity contribution in [1.29, 1.82) is 0 Å². The highest BCUT2D eigenvalue weighted by atomic mass is 79.9. The molecule has 0 fully saturated rings. The predicted molar refractivity (Wildman–Crippen MR) is 109 cm³/mol. The van der Waals surface area contributed by atoms with E-state index in [0.29, 0.717) is 15.9 Å². The highest BCUT2D eigenvalue weighted by molar-refractivity contribution is 9.10. The van der Waals surface area contributed by atoms with Gasteiger partial charge in [0.05, 0.1) is 29.6 Å². The number of hydrogen-bond donors (Lipinski definition) is 1. The van der Waals surface area contributed by atoms with Crippen molar-refractivity contribution in [3.8, 4) is 5.75 Å². The summed E-state index contributed by atoms with van der Waals surface area (Å²) in [5.74, 6) is -0.265. The Hall–Kier alpha value is -2.43. The van der Waals surface area contributed by atoms with Gasteiger partial charge in [-0.1, -0.05) is 22.0 Å². The number of halogens is 1. The van der Waals surface area contributed by atoms with Crippen LogP contribution in [0, 0.1) is 0 Å². The third-order valence-corrected chi connectivity index (χ3v) is 6.16. The molecule has 3 aromatic rings. The smallest absolute Gasteiger partial charge is 0.339 e. The minimum atomic E-state index is -4.03. The molecule has 3 rings (SSSR count). The molecular weight excluding hydrogens is 468 g/mol. The number of methoxy groups -OCH3 is 1. The molecule has 146 valence electrons. The van der Waals surface area contributed by atoms with Crippen LogP contribution in [-0.2, 0) is 21.4 Å². The Kier molecular flexibility index (Phi) is 6.32. The first kappa shape index (κ1) is 20.3. The van der Waals surface area contributed by atoms with Gasteiger partial charge >= 0.3 is 5.97 Å². The van der Waals surface area contributed by atoms with Crippen LogP contribution in [-0.4, -0.2) is 26.5 Å². The van der Waals surface area contributed by atoms with Gasteiger partial charge in [-0.15, -0.1) is 11.3 Å². The van der Waals surface area contributed by atoms with Crippen molar-refractivity contribution in [2.24, 2.45) is 0 Å². The van der Waals surface area contributed by atoms with E-state index in [1.54, 1.807) is 29.8 Å². The summed E-state index contributed by atoms with van der Waals surface area (Å²) >= 11 is 4.69.